The van der Waals surface area contributed by atoms with Crippen LogP contribution < -0.4 is 0 Å². The van der Waals surface area contributed by atoms with Crippen LogP contribution in [-0.2, 0) is 14.3 Å². The first-order chi connectivity index (χ1) is 8.23. The van der Waals surface area contributed by atoms with Crippen LogP contribution in [0.1, 0.15) is 33.6 Å². The van der Waals surface area contributed by atoms with Gasteiger partial charge >= 0.3 is 12.1 Å². The highest BCUT2D eigenvalue weighted by Gasteiger charge is 2.38. The molecule has 5 nitrogen and oxygen atoms in total. The molecule has 2 atom stereocenters. The lowest BCUT2D eigenvalue weighted by Crippen LogP contribution is -2.41. The minimum absolute atomic E-state index is 0.00381. The molecule has 1 aliphatic heterocycles. The number of hydrogen-bond acceptors (Lipinski definition) is 4. The van der Waals surface area contributed by atoms with Crippen LogP contribution >= 0.6 is 0 Å². The second-order valence-electron chi connectivity index (χ2n) is 5.40. The number of rotatable bonds is 2. The number of alkyl halides is 1. The Bertz CT molecular complexity index is 327. The number of hydrogen-bond donors (Lipinski definition) is 0. The normalized spacial score (nSPS) is 23.9. The molecule has 0 N–H and O–H groups in total. The van der Waals surface area contributed by atoms with E-state index in [0.717, 1.165) is 0 Å². The number of halogens is 1. The zero-order valence-corrected chi connectivity index (χ0v) is 11.2. The largest absolute Gasteiger partial charge is 0.469 e. The number of nitrogens with zero attached hydrogens (tertiary/aromatic N) is 1. The number of ether oxygens (including phenoxy) is 2. The van der Waals surface area contributed by atoms with E-state index in [1.165, 1.54) is 12.0 Å². The topological polar surface area (TPSA) is 55.8 Å². The van der Waals surface area contributed by atoms with Crippen molar-refractivity contribution in [3.8, 4) is 0 Å². The summed E-state index contributed by atoms with van der Waals surface area (Å²) in [6.07, 6.45) is -1.56. The third-order valence-electron chi connectivity index (χ3n) is 2.62. The third kappa shape index (κ3) is 4.16. The molecule has 0 radical (unpaired) electrons. The van der Waals surface area contributed by atoms with Crippen molar-refractivity contribution in [1.29, 1.82) is 0 Å². The predicted octanol–water partition coefficient (Wildman–Crippen LogP) is 1.90. The van der Waals surface area contributed by atoms with Gasteiger partial charge in [0.25, 0.3) is 0 Å². The van der Waals surface area contributed by atoms with Gasteiger partial charge < -0.3 is 14.4 Å². The number of carbonyl (C=O) groups excluding carboxylic acids is 2. The minimum Gasteiger partial charge on any atom is -0.469 e. The zero-order valence-electron chi connectivity index (χ0n) is 11.2. The lowest BCUT2D eigenvalue weighted by molar-refractivity contribution is -0.141. The Morgan fingerprint density at radius 2 is 2.00 bits per heavy atom. The van der Waals surface area contributed by atoms with Gasteiger partial charge in [0.15, 0.2) is 0 Å². The summed E-state index contributed by atoms with van der Waals surface area (Å²) in [6, 6.07) is -0.484. The molecule has 6 heteroatoms. The summed E-state index contributed by atoms with van der Waals surface area (Å²) in [5, 5.41) is 0. The second-order valence-corrected chi connectivity index (χ2v) is 5.40. The van der Waals surface area contributed by atoms with Gasteiger partial charge in [-0.05, 0) is 20.8 Å². The molecule has 0 spiro atoms. The maximum atomic E-state index is 13.4. The maximum Gasteiger partial charge on any atom is 0.410 e. The Balaban J connectivity index is 2.66. The first-order valence-electron chi connectivity index (χ1n) is 5.93. The van der Waals surface area contributed by atoms with E-state index in [0.29, 0.717) is 0 Å². The van der Waals surface area contributed by atoms with Gasteiger partial charge in [-0.15, -0.1) is 0 Å². The molecule has 1 heterocycles. The highest BCUT2D eigenvalue weighted by Crippen LogP contribution is 2.25. The molecule has 1 saturated heterocycles. The molecule has 0 bridgehead atoms. The zero-order chi connectivity index (χ0) is 13.9. The van der Waals surface area contributed by atoms with Crippen LogP contribution in [0.2, 0.25) is 0 Å². The van der Waals surface area contributed by atoms with E-state index >= 15 is 0 Å². The van der Waals surface area contributed by atoms with Gasteiger partial charge in [-0.2, -0.15) is 0 Å². The quantitative estimate of drug-likeness (QED) is 0.712. The van der Waals surface area contributed by atoms with Gasteiger partial charge in [-0.25, -0.2) is 9.18 Å². The first kappa shape index (κ1) is 14.7. The van der Waals surface area contributed by atoms with Gasteiger partial charge in [0.2, 0.25) is 0 Å². The average Bonchev–Trinajstić information content (AvgIpc) is 2.56. The molecule has 0 aromatic heterocycles. The molecular formula is C12H20FNO4. The van der Waals surface area contributed by atoms with Crippen molar-refractivity contribution in [3.63, 3.8) is 0 Å². The molecule has 0 saturated carbocycles. The molecule has 104 valence electrons. The van der Waals surface area contributed by atoms with Crippen molar-refractivity contribution in [3.05, 3.63) is 0 Å². The summed E-state index contributed by atoms with van der Waals surface area (Å²) in [7, 11) is 1.27. The second kappa shape index (κ2) is 5.54. The lowest BCUT2D eigenvalue weighted by Gasteiger charge is -2.27. The molecule has 0 aromatic rings. The molecule has 1 aliphatic rings. The van der Waals surface area contributed by atoms with Gasteiger partial charge in [-0.1, -0.05) is 0 Å². The molecule has 1 fully saturated rings. The fraction of sp³-hybridized carbons (Fsp3) is 0.833. The van der Waals surface area contributed by atoms with E-state index in [9.17, 15) is 14.0 Å². The van der Waals surface area contributed by atoms with Crippen LogP contribution in [0, 0.1) is 0 Å². The Kier molecular flexibility index (Phi) is 4.53. The van der Waals surface area contributed by atoms with Gasteiger partial charge in [0, 0.05) is 12.5 Å². The SMILES string of the molecule is COC(=O)C[C@@H]1C[C@@H](F)CN1C(=O)OC(C)(C)C. The number of likely N-dealkylation sites (tertiary alicyclic amines) is 1. The highest BCUT2D eigenvalue weighted by atomic mass is 19.1. The smallest absolute Gasteiger partial charge is 0.410 e. The number of esters is 1. The highest BCUT2D eigenvalue weighted by molar-refractivity contribution is 5.73. The maximum absolute atomic E-state index is 13.4. The van der Waals surface area contributed by atoms with Crippen LogP contribution in [0.3, 0.4) is 0 Å². The van der Waals surface area contributed by atoms with Gasteiger partial charge in [0.1, 0.15) is 11.8 Å². The summed E-state index contributed by atoms with van der Waals surface area (Å²) >= 11 is 0. The molecule has 0 unspecified atom stereocenters. The molecule has 1 amide bonds. The Morgan fingerprint density at radius 1 is 1.39 bits per heavy atom. The summed E-state index contributed by atoms with van der Waals surface area (Å²) in [4.78, 5) is 24.3. The van der Waals surface area contributed by atoms with E-state index in [2.05, 4.69) is 4.74 Å². The molecule has 18 heavy (non-hydrogen) atoms. The summed E-state index contributed by atoms with van der Waals surface area (Å²) < 4.78 is 23.1. The number of methoxy groups -OCH3 is 1. The third-order valence-corrected chi connectivity index (χ3v) is 2.62. The van der Waals surface area contributed by atoms with Gasteiger partial charge in [0.05, 0.1) is 20.1 Å². The first-order valence-corrected chi connectivity index (χ1v) is 5.93. The standard InChI is InChI=1S/C12H20FNO4/c1-12(2,3)18-11(16)14-7-8(13)5-9(14)6-10(15)17-4/h8-9H,5-7H2,1-4H3/t8-,9+/m1/s1. The van der Waals surface area contributed by atoms with Crippen molar-refractivity contribution in [2.24, 2.45) is 0 Å². The van der Waals surface area contributed by atoms with Crippen LogP contribution in [0.15, 0.2) is 0 Å². The van der Waals surface area contributed by atoms with Crippen molar-refractivity contribution in [1.82, 2.24) is 4.90 Å². The molecule has 1 rings (SSSR count). The summed E-state index contributed by atoms with van der Waals surface area (Å²) in [5.74, 6) is -0.456. The monoisotopic (exact) mass is 261 g/mol. The Morgan fingerprint density at radius 3 is 2.50 bits per heavy atom. The Hall–Kier alpha value is -1.33. The Labute approximate surface area is 106 Å². The van der Waals surface area contributed by atoms with E-state index in [1.807, 2.05) is 0 Å². The van der Waals surface area contributed by atoms with Crippen LogP contribution in [0.25, 0.3) is 0 Å². The fourth-order valence-corrected chi connectivity index (χ4v) is 1.87. The molecule has 0 aromatic carbocycles. The van der Waals surface area contributed by atoms with Crippen molar-refractivity contribution in [2.45, 2.75) is 51.4 Å². The molecule has 0 aliphatic carbocycles. The van der Waals surface area contributed by atoms with Gasteiger partial charge in [-0.3, -0.25) is 4.79 Å². The van der Waals surface area contributed by atoms with Crippen molar-refractivity contribution in [2.75, 3.05) is 13.7 Å². The summed E-state index contributed by atoms with van der Waals surface area (Å²) in [6.45, 7) is 5.19. The predicted molar refractivity (Wildman–Crippen MR) is 62.9 cm³/mol. The van der Waals surface area contributed by atoms with Crippen LogP contribution in [0.5, 0.6) is 0 Å². The van der Waals surface area contributed by atoms with Crippen molar-refractivity contribution < 1.29 is 23.5 Å². The number of carbonyl (C=O) groups is 2. The van der Waals surface area contributed by atoms with Crippen LogP contribution in [-0.4, -0.2) is 48.4 Å². The van der Waals surface area contributed by atoms with E-state index in [1.54, 1.807) is 20.8 Å². The fourth-order valence-electron chi connectivity index (χ4n) is 1.87. The number of amides is 1. The van der Waals surface area contributed by atoms with Crippen LogP contribution in [0.4, 0.5) is 9.18 Å². The van der Waals surface area contributed by atoms with E-state index in [-0.39, 0.29) is 19.4 Å². The minimum atomic E-state index is -1.12. The van der Waals surface area contributed by atoms with Crippen molar-refractivity contribution >= 4 is 12.1 Å². The van der Waals surface area contributed by atoms with E-state index in [4.69, 9.17) is 4.74 Å². The lowest BCUT2D eigenvalue weighted by atomic mass is 10.1. The average molecular weight is 261 g/mol. The van der Waals surface area contributed by atoms with E-state index < -0.39 is 29.9 Å². The molecular weight excluding hydrogens is 241 g/mol. The summed E-state index contributed by atoms with van der Waals surface area (Å²) in [5.41, 5.74) is -0.638.